The summed E-state index contributed by atoms with van der Waals surface area (Å²) in [6.45, 7) is 4.07. The van der Waals surface area contributed by atoms with E-state index in [0.717, 1.165) is 22.5 Å². The van der Waals surface area contributed by atoms with E-state index >= 15 is 0 Å². The Morgan fingerprint density at radius 1 is 0.938 bits per heavy atom. The van der Waals surface area contributed by atoms with Gasteiger partial charge in [0.2, 0.25) is 5.91 Å². The molecule has 0 aliphatic carbocycles. The normalized spacial score (nSPS) is 10.4. The molecule has 6 nitrogen and oxygen atoms in total. The number of carbonyl (C=O) groups excluding carboxylic acids is 3. The second-order valence-corrected chi connectivity index (χ2v) is 8.20. The van der Waals surface area contributed by atoms with Gasteiger partial charge in [0.25, 0.3) is 5.91 Å². The fourth-order valence-corrected chi connectivity index (χ4v) is 4.39. The smallest absolute Gasteiger partial charge is 0.341 e. The van der Waals surface area contributed by atoms with Gasteiger partial charge in [-0.05, 0) is 37.0 Å². The zero-order valence-corrected chi connectivity index (χ0v) is 19.0. The zero-order chi connectivity index (χ0) is 22.9. The molecule has 1 heterocycles. The van der Waals surface area contributed by atoms with Crippen LogP contribution in [0.4, 0.5) is 5.00 Å². The second kappa shape index (κ2) is 11.2. The molecule has 0 saturated heterocycles. The van der Waals surface area contributed by atoms with Gasteiger partial charge in [0, 0.05) is 6.54 Å². The maximum Gasteiger partial charge on any atom is 0.341 e. The van der Waals surface area contributed by atoms with E-state index < -0.39 is 5.97 Å². The van der Waals surface area contributed by atoms with Crippen molar-refractivity contribution >= 4 is 34.1 Å². The van der Waals surface area contributed by atoms with E-state index in [1.54, 1.807) is 13.8 Å². The van der Waals surface area contributed by atoms with E-state index in [2.05, 4.69) is 10.6 Å². The highest BCUT2D eigenvalue weighted by Gasteiger charge is 2.26. The van der Waals surface area contributed by atoms with Crippen molar-refractivity contribution in [2.45, 2.75) is 26.7 Å². The molecular weight excluding hydrogens is 424 g/mol. The van der Waals surface area contributed by atoms with Crippen LogP contribution >= 0.6 is 11.3 Å². The van der Waals surface area contributed by atoms with Crippen LogP contribution in [0.2, 0.25) is 0 Å². The van der Waals surface area contributed by atoms with Gasteiger partial charge in [0.05, 0.1) is 23.5 Å². The van der Waals surface area contributed by atoms with Gasteiger partial charge in [-0.3, -0.25) is 9.59 Å². The number of thiophene rings is 1. The molecule has 0 bridgehead atoms. The lowest BCUT2D eigenvalue weighted by Gasteiger charge is -2.07. The van der Waals surface area contributed by atoms with Crippen LogP contribution in [-0.4, -0.2) is 30.9 Å². The molecule has 2 aromatic carbocycles. The molecule has 32 heavy (non-hydrogen) atoms. The van der Waals surface area contributed by atoms with E-state index in [0.29, 0.717) is 28.4 Å². The number of carbonyl (C=O) groups is 3. The quantitative estimate of drug-likeness (QED) is 0.474. The van der Waals surface area contributed by atoms with Crippen molar-refractivity contribution in [3.8, 4) is 0 Å². The lowest BCUT2D eigenvalue weighted by atomic mass is 10.1. The van der Waals surface area contributed by atoms with Crippen LogP contribution in [0.25, 0.3) is 0 Å². The monoisotopic (exact) mass is 450 g/mol. The zero-order valence-electron chi connectivity index (χ0n) is 18.1. The van der Waals surface area contributed by atoms with Gasteiger partial charge in [-0.15, -0.1) is 11.3 Å². The van der Waals surface area contributed by atoms with Gasteiger partial charge in [-0.2, -0.15) is 0 Å². The Balaban J connectivity index is 1.75. The summed E-state index contributed by atoms with van der Waals surface area (Å²) in [6, 6.07) is 19.2. The Morgan fingerprint density at radius 3 is 2.19 bits per heavy atom. The third-order valence-electron chi connectivity index (χ3n) is 4.84. The highest BCUT2D eigenvalue weighted by atomic mass is 32.1. The van der Waals surface area contributed by atoms with Crippen LogP contribution in [0.5, 0.6) is 0 Å². The molecule has 0 saturated carbocycles. The first-order chi connectivity index (χ1) is 15.5. The summed E-state index contributed by atoms with van der Waals surface area (Å²) in [6.07, 6.45) is 0.862. The number of amides is 2. The third-order valence-corrected chi connectivity index (χ3v) is 6.04. The Hall–Kier alpha value is -3.45. The topological polar surface area (TPSA) is 84.5 Å². The predicted octanol–water partition coefficient (Wildman–Crippen LogP) is 4.39. The maximum atomic E-state index is 12.8. The number of hydrogen-bond acceptors (Lipinski definition) is 5. The van der Waals surface area contributed by atoms with Crippen molar-refractivity contribution in [3.63, 3.8) is 0 Å². The van der Waals surface area contributed by atoms with E-state index in [-0.39, 0.29) is 30.4 Å². The maximum absolute atomic E-state index is 12.8. The van der Waals surface area contributed by atoms with Gasteiger partial charge >= 0.3 is 5.97 Å². The molecule has 2 N–H and O–H groups in total. The molecule has 0 unspecified atom stereocenters. The average Bonchev–Trinajstić information content (AvgIpc) is 3.11. The van der Waals surface area contributed by atoms with E-state index in [9.17, 15) is 14.4 Å². The minimum Gasteiger partial charge on any atom is -0.462 e. The van der Waals surface area contributed by atoms with Crippen molar-refractivity contribution in [2.24, 2.45) is 0 Å². The number of rotatable bonds is 9. The molecule has 0 spiro atoms. The minimum atomic E-state index is -0.556. The van der Waals surface area contributed by atoms with Gasteiger partial charge in [-0.25, -0.2) is 4.79 Å². The van der Waals surface area contributed by atoms with E-state index in [1.807, 2.05) is 60.7 Å². The third kappa shape index (κ3) is 6.04. The van der Waals surface area contributed by atoms with Crippen molar-refractivity contribution < 1.29 is 19.1 Å². The van der Waals surface area contributed by atoms with Crippen LogP contribution in [0.3, 0.4) is 0 Å². The van der Waals surface area contributed by atoms with E-state index in [1.165, 1.54) is 0 Å². The van der Waals surface area contributed by atoms with Crippen LogP contribution in [0.15, 0.2) is 60.7 Å². The molecule has 7 heteroatoms. The molecular formula is C25H26N2O4S. The van der Waals surface area contributed by atoms with Crippen molar-refractivity contribution in [1.82, 2.24) is 5.32 Å². The highest BCUT2D eigenvalue weighted by molar-refractivity contribution is 7.18. The molecule has 2 amide bonds. The van der Waals surface area contributed by atoms with Crippen LogP contribution in [0.1, 0.15) is 43.6 Å². The second-order valence-electron chi connectivity index (χ2n) is 7.18. The Morgan fingerprint density at radius 2 is 1.56 bits per heavy atom. The summed E-state index contributed by atoms with van der Waals surface area (Å²) >= 11 is 1.09. The van der Waals surface area contributed by atoms with Crippen molar-refractivity contribution in [2.75, 3.05) is 18.5 Å². The molecule has 0 aliphatic heterocycles. The first-order valence-corrected chi connectivity index (χ1v) is 11.3. The summed E-state index contributed by atoms with van der Waals surface area (Å²) in [4.78, 5) is 38.3. The highest BCUT2D eigenvalue weighted by Crippen LogP contribution is 2.34. The fourth-order valence-electron chi connectivity index (χ4n) is 3.26. The number of esters is 1. The SMILES string of the molecule is CCOC(=O)c1c(NC(=O)Cc2ccccc2)sc(C(=O)NCCc2ccccc2)c1C. The Kier molecular flexibility index (Phi) is 8.16. The first-order valence-electron chi connectivity index (χ1n) is 10.5. The van der Waals surface area contributed by atoms with Crippen molar-refractivity contribution in [3.05, 3.63) is 87.8 Å². The first kappa shape index (κ1) is 23.2. The number of benzene rings is 2. The molecule has 0 fully saturated rings. The summed E-state index contributed by atoms with van der Waals surface area (Å²) < 4.78 is 5.17. The van der Waals surface area contributed by atoms with Crippen molar-refractivity contribution in [1.29, 1.82) is 0 Å². The molecule has 0 aliphatic rings. The number of anilines is 1. The lowest BCUT2D eigenvalue weighted by Crippen LogP contribution is -2.25. The average molecular weight is 451 g/mol. The standard InChI is InChI=1S/C25H26N2O4S/c1-3-31-25(30)21-17(2)22(23(29)26-15-14-18-10-6-4-7-11-18)32-24(21)27-20(28)16-19-12-8-5-9-13-19/h4-13H,3,14-16H2,1-2H3,(H,26,29)(H,27,28). The van der Waals surface area contributed by atoms with Gasteiger partial charge in [0.15, 0.2) is 0 Å². The van der Waals surface area contributed by atoms with E-state index in [4.69, 9.17) is 4.74 Å². The van der Waals surface area contributed by atoms with Gasteiger partial charge < -0.3 is 15.4 Å². The van der Waals surface area contributed by atoms with Crippen LogP contribution < -0.4 is 10.6 Å². The summed E-state index contributed by atoms with van der Waals surface area (Å²) in [5.41, 5.74) is 2.71. The largest absolute Gasteiger partial charge is 0.462 e. The fraction of sp³-hybridized carbons (Fsp3) is 0.240. The molecule has 3 rings (SSSR count). The lowest BCUT2D eigenvalue weighted by molar-refractivity contribution is -0.115. The molecule has 3 aromatic rings. The summed E-state index contributed by atoms with van der Waals surface area (Å²) in [7, 11) is 0. The molecule has 166 valence electrons. The summed E-state index contributed by atoms with van der Waals surface area (Å²) in [5, 5.41) is 6.02. The molecule has 0 atom stereocenters. The molecule has 1 aromatic heterocycles. The molecule has 0 radical (unpaired) electrons. The number of ether oxygens (including phenoxy) is 1. The Bertz CT molecular complexity index is 1080. The predicted molar refractivity (Wildman–Crippen MR) is 126 cm³/mol. The summed E-state index contributed by atoms with van der Waals surface area (Å²) in [5.74, 6) is -1.10. The minimum absolute atomic E-state index is 0.165. The Labute approximate surface area is 191 Å². The number of hydrogen-bond donors (Lipinski definition) is 2. The number of nitrogens with one attached hydrogen (secondary N) is 2. The van der Waals surface area contributed by atoms with Crippen LogP contribution in [0, 0.1) is 6.92 Å². The van der Waals surface area contributed by atoms with Gasteiger partial charge in [0.1, 0.15) is 5.00 Å². The van der Waals surface area contributed by atoms with Gasteiger partial charge in [-0.1, -0.05) is 60.7 Å². The van der Waals surface area contributed by atoms with Crippen LogP contribution in [-0.2, 0) is 22.4 Å².